The molecule has 78 valence electrons. The molecule has 2 heteroatoms. The molecule has 0 aromatic heterocycles. The first-order chi connectivity index (χ1) is 6.13. The SMILES string of the molecule is CCC1CCC(O)C(CN(C)C)C1. The summed E-state index contributed by atoms with van der Waals surface area (Å²) in [7, 11) is 4.17. The number of rotatable bonds is 3. The fourth-order valence-electron chi connectivity index (χ4n) is 2.38. The van der Waals surface area contributed by atoms with Crippen molar-refractivity contribution in [3.05, 3.63) is 0 Å². The van der Waals surface area contributed by atoms with Crippen LogP contribution in [0.3, 0.4) is 0 Å². The van der Waals surface area contributed by atoms with E-state index in [1.54, 1.807) is 0 Å². The number of aliphatic hydroxyl groups is 1. The molecule has 1 aliphatic carbocycles. The van der Waals surface area contributed by atoms with E-state index in [9.17, 15) is 5.11 Å². The molecule has 0 aromatic carbocycles. The molecule has 1 rings (SSSR count). The minimum atomic E-state index is -0.0507. The van der Waals surface area contributed by atoms with Crippen LogP contribution in [0.5, 0.6) is 0 Å². The summed E-state index contributed by atoms with van der Waals surface area (Å²) in [5.74, 6) is 1.36. The summed E-state index contributed by atoms with van der Waals surface area (Å²) >= 11 is 0. The zero-order valence-electron chi connectivity index (χ0n) is 9.16. The molecule has 1 aliphatic rings. The van der Waals surface area contributed by atoms with Crippen molar-refractivity contribution in [2.75, 3.05) is 20.6 Å². The van der Waals surface area contributed by atoms with Crippen LogP contribution in [-0.4, -0.2) is 36.8 Å². The lowest BCUT2D eigenvalue weighted by atomic mass is 9.78. The molecule has 0 saturated heterocycles. The van der Waals surface area contributed by atoms with Gasteiger partial charge in [0, 0.05) is 6.54 Å². The smallest absolute Gasteiger partial charge is 0.0580 e. The van der Waals surface area contributed by atoms with Crippen LogP contribution >= 0.6 is 0 Å². The van der Waals surface area contributed by atoms with Crippen LogP contribution in [0, 0.1) is 11.8 Å². The Morgan fingerprint density at radius 3 is 2.54 bits per heavy atom. The number of hydrogen-bond donors (Lipinski definition) is 1. The van der Waals surface area contributed by atoms with Gasteiger partial charge in [0.1, 0.15) is 0 Å². The molecule has 1 fully saturated rings. The van der Waals surface area contributed by atoms with Gasteiger partial charge in [-0.2, -0.15) is 0 Å². The van der Waals surface area contributed by atoms with Gasteiger partial charge in [-0.05, 0) is 45.2 Å². The monoisotopic (exact) mass is 185 g/mol. The second-order valence-electron chi connectivity index (χ2n) is 4.68. The fourth-order valence-corrected chi connectivity index (χ4v) is 2.38. The van der Waals surface area contributed by atoms with Gasteiger partial charge in [-0.3, -0.25) is 0 Å². The highest BCUT2D eigenvalue weighted by atomic mass is 16.3. The molecule has 0 spiro atoms. The van der Waals surface area contributed by atoms with Crippen molar-refractivity contribution in [1.82, 2.24) is 4.90 Å². The molecule has 0 heterocycles. The maximum atomic E-state index is 9.80. The first kappa shape index (κ1) is 11.0. The van der Waals surface area contributed by atoms with Gasteiger partial charge in [0.15, 0.2) is 0 Å². The Bertz CT molecular complexity index is 147. The van der Waals surface area contributed by atoms with Crippen molar-refractivity contribution in [2.45, 2.75) is 38.7 Å². The Balaban J connectivity index is 2.40. The molecule has 0 bridgehead atoms. The van der Waals surface area contributed by atoms with Crippen molar-refractivity contribution in [1.29, 1.82) is 0 Å². The van der Waals surface area contributed by atoms with E-state index >= 15 is 0 Å². The highest BCUT2D eigenvalue weighted by Crippen LogP contribution is 2.31. The number of aliphatic hydroxyl groups excluding tert-OH is 1. The lowest BCUT2D eigenvalue weighted by Gasteiger charge is -2.34. The van der Waals surface area contributed by atoms with E-state index in [1.165, 1.54) is 19.3 Å². The second-order valence-corrected chi connectivity index (χ2v) is 4.68. The highest BCUT2D eigenvalue weighted by Gasteiger charge is 2.28. The van der Waals surface area contributed by atoms with Gasteiger partial charge in [0.05, 0.1) is 6.10 Å². The van der Waals surface area contributed by atoms with Crippen LogP contribution in [0.15, 0.2) is 0 Å². The Hall–Kier alpha value is -0.0800. The van der Waals surface area contributed by atoms with Gasteiger partial charge >= 0.3 is 0 Å². The maximum Gasteiger partial charge on any atom is 0.0580 e. The highest BCUT2D eigenvalue weighted by molar-refractivity contribution is 4.80. The van der Waals surface area contributed by atoms with Gasteiger partial charge in [0.2, 0.25) is 0 Å². The topological polar surface area (TPSA) is 23.5 Å². The predicted molar refractivity (Wildman–Crippen MR) is 55.7 cm³/mol. The van der Waals surface area contributed by atoms with Crippen molar-refractivity contribution in [3.63, 3.8) is 0 Å². The molecule has 2 nitrogen and oxygen atoms in total. The lowest BCUT2D eigenvalue weighted by molar-refractivity contribution is 0.0344. The van der Waals surface area contributed by atoms with Gasteiger partial charge in [-0.25, -0.2) is 0 Å². The zero-order valence-corrected chi connectivity index (χ0v) is 9.16. The minimum Gasteiger partial charge on any atom is -0.393 e. The quantitative estimate of drug-likeness (QED) is 0.724. The molecular weight excluding hydrogens is 162 g/mol. The molecule has 3 atom stereocenters. The molecule has 0 aromatic rings. The third-order valence-corrected chi connectivity index (χ3v) is 3.23. The van der Waals surface area contributed by atoms with Crippen LogP contribution in [0.4, 0.5) is 0 Å². The fraction of sp³-hybridized carbons (Fsp3) is 1.00. The van der Waals surface area contributed by atoms with Crippen LogP contribution in [0.2, 0.25) is 0 Å². The van der Waals surface area contributed by atoms with Crippen LogP contribution < -0.4 is 0 Å². The maximum absolute atomic E-state index is 9.80. The van der Waals surface area contributed by atoms with Gasteiger partial charge in [-0.1, -0.05) is 13.3 Å². The van der Waals surface area contributed by atoms with Crippen LogP contribution in [0.25, 0.3) is 0 Å². The first-order valence-corrected chi connectivity index (χ1v) is 5.46. The Morgan fingerprint density at radius 2 is 2.00 bits per heavy atom. The number of nitrogens with zero attached hydrogens (tertiary/aromatic N) is 1. The summed E-state index contributed by atoms with van der Waals surface area (Å²) in [5.41, 5.74) is 0. The van der Waals surface area contributed by atoms with Crippen molar-refractivity contribution in [2.24, 2.45) is 11.8 Å². The molecular formula is C11H23NO. The average molecular weight is 185 g/mol. The van der Waals surface area contributed by atoms with E-state index in [0.717, 1.165) is 18.9 Å². The van der Waals surface area contributed by atoms with Crippen LogP contribution in [0.1, 0.15) is 32.6 Å². The van der Waals surface area contributed by atoms with Gasteiger partial charge in [-0.15, -0.1) is 0 Å². The van der Waals surface area contributed by atoms with Crippen LogP contribution in [-0.2, 0) is 0 Å². The zero-order chi connectivity index (χ0) is 9.84. The van der Waals surface area contributed by atoms with E-state index in [1.807, 2.05) is 0 Å². The third-order valence-electron chi connectivity index (χ3n) is 3.23. The summed E-state index contributed by atoms with van der Waals surface area (Å²) in [4.78, 5) is 2.19. The predicted octanol–water partition coefficient (Wildman–Crippen LogP) is 1.74. The standard InChI is InChI=1S/C11H23NO/c1-4-9-5-6-11(13)10(7-9)8-12(2)3/h9-11,13H,4-8H2,1-3H3. The average Bonchev–Trinajstić information content (AvgIpc) is 2.08. The minimum absolute atomic E-state index is 0.0507. The van der Waals surface area contributed by atoms with E-state index < -0.39 is 0 Å². The summed E-state index contributed by atoms with van der Waals surface area (Å²) in [6.07, 6.45) is 4.68. The largest absolute Gasteiger partial charge is 0.393 e. The summed E-state index contributed by atoms with van der Waals surface area (Å²) < 4.78 is 0. The molecule has 1 N–H and O–H groups in total. The summed E-state index contributed by atoms with van der Waals surface area (Å²) in [6.45, 7) is 3.30. The molecule has 0 aliphatic heterocycles. The molecule has 13 heavy (non-hydrogen) atoms. The lowest BCUT2D eigenvalue weighted by Crippen LogP contribution is -2.36. The molecule has 1 saturated carbocycles. The molecule has 0 radical (unpaired) electrons. The van der Waals surface area contributed by atoms with E-state index in [-0.39, 0.29) is 6.10 Å². The van der Waals surface area contributed by atoms with Crippen molar-refractivity contribution < 1.29 is 5.11 Å². The molecule has 0 amide bonds. The first-order valence-electron chi connectivity index (χ1n) is 5.46. The second kappa shape index (κ2) is 4.97. The summed E-state index contributed by atoms with van der Waals surface area (Å²) in [6, 6.07) is 0. The van der Waals surface area contributed by atoms with E-state index in [0.29, 0.717) is 5.92 Å². The van der Waals surface area contributed by atoms with Gasteiger partial charge < -0.3 is 10.0 Å². The Kier molecular flexibility index (Phi) is 4.20. The normalized spacial score (nSPS) is 35.3. The van der Waals surface area contributed by atoms with E-state index in [2.05, 4.69) is 25.9 Å². The van der Waals surface area contributed by atoms with Crippen molar-refractivity contribution in [3.8, 4) is 0 Å². The van der Waals surface area contributed by atoms with E-state index in [4.69, 9.17) is 0 Å². The third kappa shape index (κ3) is 3.28. The number of hydrogen-bond acceptors (Lipinski definition) is 2. The van der Waals surface area contributed by atoms with Gasteiger partial charge in [0.25, 0.3) is 0 Å². The van der Waals surface area contributed by atoms with Crippen molar-refractivity contribution >= 4 is 0 Å². The Labute approximate surface area is 81.9 Å². The Morgan fingerprint density at radius 1 is 1.31 bits per heavy atom. The summed E-state index contributed by atoms with van der Waals surface area (Å²) in [5, 5.41) is 9.80. The molecule has 3 unspecified atom stereocenters.